The van der Waals surface area contributed by atoms with Crippen LogP contribution in [-0.2, 0) is 4.79 Å². The van der Waals surface area contributed by atoms with Crippen LogP contribution < -0.4 is 5.32 Å². The van der Waals surface area contributed by atoms with Crippen LogP contribution in [0.25, 0.3) is 0 Å². The Kier molecular flexibility index (Phi) is 3.49. The molecular formula is C6H9NO2. The quantitative estimate of drug-likeness (QED) is 0.473. The molecule has 0 heterocycles. The maximum absolute atomic E-state index is 10.3. The Morgan fingerprint density at radius 2 is 2.56 bits per heavy atom. The van der Waals surface area contributed by atoms with Gasteiger partial charge in [0.25, 0.3) is 5.91 Å². The lowest BCUT2D eigenvalue weighted by Gasteiger charge is -2.05. The van der Waals surface area contributed by atoms with E-state index in [4.69, 9.17) is 11.5 Å². The zero-order valence-electron chi connectivity index (χ0n) is 5.22. The zero-order chi connectivity index (χ0) is 7.28. The molecule has 2 N–H and O–H groups in total. The number of terminal acetylenes is 1. The van der Waals surface area contributed by atoms with Crippen molar-refractivity contribution in [1.82, 2.24) is 5.32 Å². The van der Waals surface area contributed by atoms with E-state index in [9.17, 15) is 4.79 Å². The minimum atomic E-state index is -0.489. The number of nitrogens with one attached hydrogen (secondary N) is 1. The first-order chi connectivity index (χ1) is 4.20. The van der Waals surface area contributed by atoms with Crippen LogP contribution in [-0.4, -0.2) is 23.7 Å². The topological polar surface area (TPSA) is 49.3 Å². The lowest BCUT2D eigenvalue weighted by molar-refractivity contribution is -0.116. The molecule has 0 aliphatic carbocycles. The monoisotopic (exact) mass is 127 g/mol. The van der Waals surface area contributed by atoms with Crippen LogP contribution in [0.2, 0.25) is 0 Å². The molecule has 50 valence electrons. The van der Waals surface area contributed by atoms with Crippen molar-refractivity contribution in [2.45, 2.75) is 13.0 Å². The van der Waals surface area contributed by atoms with E-state index in [1.807, 2.05) is 5.92 Å². The van der Waals surface area contributed by atoms with Gasteiger partial charge in [-0.15, -0.1) is 6.42 Å². The van der Waals surface area contributed by atoms with Crippen LogP contribution in [0.1, 0.15) is 6.92 Å². The molecule has 9 heavy (non-hydrogen) atoms. The Morgan fingerprint density at radius 3 is 2.89 bits per heavy atom. The SMILES string of the molecule is C#CC(=O)N[C@@H](C)CO. The third-order valence-electron chi connectivity index (χ3n) is 0.782. The van der Waals surface area contributed by atoms with E-state index in [-0.39, 0.29) is 12.6 Å². The van der Waals surface area contributed by atoms with Crippen molar-refractivity contribution in [2.75, 3.05) is 6.61 Å². The highest BCUT2D eigenvalue weighted by molar-refractivity contribution is 5.92. The molecule has 0 rings (SSSR count). The fourth-order valence-electron chi connectivity index (χ4n) is 0.311. The predicted molar refractivity (Wildman–Crippen MR) is 33.5 cm³/mol. The second-order valence-corrected chi connectivity index (χ2v) is 1.70. The van der Waals surface area contributed by atoms with Gasteiger partial charge in [-0.1, -0.05) is 0 Å². The van der Waals surface area contributed by atoms with E-state index in [1.165, 1.54) is 0 Å². The highest BCUT2D eigenvalue weighted by atomic mass is 16.3. The average Bonchev–Trinajstić information content (AvgIpc) is 1.87. The van der Waals surface area contributed by atoms with Crippen molar-refractivity contribution in [3.8, 4) is 12.3 Å². The molecule has 3 heteroatoms. The van der Waals surface area contributed by atoms with Gasteiger partial charge in [0.2, 0.25) is 0 Å². The van der Waals surface area contributed by atoms with Crippen LogP contribution in [0, 0.1) is 12.3 Å². The highest BCUT2D eigenvalue weighted by Crippen LogP contribution is 1.75. The summed E-state index contributed by atoms with van der Waals surface area (Å²) in [6.45, 7) is 1.57. The molecule has 0 aliphatic rings. The summed E-state index contributed by atoms with van der Waals surface area (Å²) in [5.41, 5.74) is 0. The Hall–Kier alpha value is -1.01. The van der Waals surface area contributed by atoms with E-state index >= 15 is 0 Å². The molecule has 0 aromatic carbocycles. The number of hydrogen-bond acceptors (Lipinski definition) is 2. The van der Waals surface area contributed by atoms with Crippen molar-refractivity contribution >= 4 is 5.91 Å². The van der Waals surface area contributed by atoms with Crippen LogP contribution >= 0.6 is 0 Å². The lowest BCUT2D eigenvalue weighted by atomic mass is 10.3. The van der Waals surface area contributed by atoms with E-state index < -0.39 is 5.91 Å². The minimum Gasteiger partial charge on any atom is -0.394 e. The van der Waals surface area contributed by atoms with Crippen molar-refractivity contribution in [3.63, 3.8) is 0 Å². The molecule has 0 spiro atoms. The second-order valence-electron chi connectivity index (χ2n) is 1.70. The van der Waals surface area contributed by atoms with E-state index in [0.717, 1.165) is 0 Å². The number of carbonyl (C=O) groups excluding carboxylic acids is 1. The maximum Gasteiger partial charge on any atom is 0.295 e. The van der Waals surface area contributed by atoms with Gasteiger partial charge in [0.05, 0.1) is 12.6 Å². The second kappa shape index (κ2) is 3.93. The predicted octanol–water partition coefficient (Wildman–Crippen LogP) is -0.883. The van der Waals surface area contributed by atoms with Crippen molar-refractivity contribution < 1.29 is 9.90 Å². The number of carbonyl (C=O) groups is 1. The average molecular weight is 127 g/mol. The third kappa shape index (κ3) is 3.56. The Morgan fingerprint density at radius 1 is 2.00 bits per heavy atom. The van der Waals surface area contributed by atoms with Crippen LogP contribution in [0.5, 0.6) is 0 Å². The molecule has 0 saturated carbocycles. The smallest absolute Gasteiger partial charge is 0.295 e. The Balaban J connectivity index is 3.50. The molecule has 1 amide bonds. The number of rotatable bonds is 2. The molecule has 0 radical (unpaired) electrons. The molecule has 1 atom stereocenters. The first-order valence-corrected chi connectivity index (χ1v) is 2.58. The summed E-state index contributed by atoms with van der Waals surface area (Å²) in [5.74, 6) is 1.38. The van der Waals surface area contributed by atoms with Crippen LogP contribution in [0.4, 0.5) is 0 Å². The lowest BCUT2D eigenvalue weighted by Crippen LogP contribution is -2.33. The summed E-state index contributed by atoms with van der Waals surface area (Å²) in [5, 5.41) is 10.8. The maximum atomic E-state index is 10.3. The Labute approximate surface area is 54.1 Å². The summed E-state index contributed by atoms with van der Waals surface area (Å²) >= 11 is 0. The van der Waals surface area contributed by atoms with Gasteiger partial charge in [0.15, 0.2) is 0 Å². The molecule has 0 aromatic rings. The van der Waals surface area contributed by atoms with Crippen LogP contribution in [0.3, 0.4) is 0 Å². The van der Waals surface area contributed by atoms with Crippen LogP contribution in [0.15, 0.2) is 0 Å². The highest BCUT2D eigenvalue weighted by Gasteiger charge is 2.00. The number of aliphatic hydroxyl groups excluding tert-OH is 1. The fourth-order valence-corrected chi connectivity index (χ4v) is 0.311. The molecule has 0 aliphatic heterocycles. The van der Waals surface area contributed by atoms with E-state index in [0.29, 0.717) is 0 Å². The van der Waals surface area contributed by atoms with Gasteiger partial charge >= 0.3 is 0 Å². The molecule has 0 unspecified atom stereocenters. The first kappa shape index (κ1) is 7.99. The molecule has 0 fully saturated rings. The van der Waals surface area contributed by atoms with Gasteiger partial charge in [-0.25, -0.2) is 0 Å². The van der Waals surface area contributed by atoms with Gasteiger partial charge in [-0.05, 0) is 12.8 Å². The summed E-state index contributed by atoms with van der Waals surface area (Å²) in [6, 6.07) is -0.256. The first-order valence-electron chi connectivity index (χ1n) is 2.58. The van der Waals surface area contributed by atoms with Gasteiger partial charge < -0.3 is 10.4 Å². The fraction of sp³-hybridized carbons (Fsp3) is 0.500. The number of amides is 1. The van der Waals surface area contributed by atoms with E-state index in [2.05, 4.69) is 5.32 Å². The third-order valence-corrected chi connectivity index (χ3v) is 0.782. The van der Waals surface area contributed by atoms with Crippen molar-refractivity contribution in [3.05, 3.63) is 0 Å². The molecule has 0 aromatic heterocycles. The van der Waals surface area contributed by atoms with Gasteiger partial charge in [-0.2, -0.15) is 0 Å². The number of hydrogen-bond donors (Lipinski definition) is 2. The molecule has 0 saturated heterocycles. The standard InChI is InChI=1S/C6H9NO2/c1-3-6(9)7-5(2)4-8/h1,5,8H,4H2,2H3,(H,7,9)/t5-/m0/s1. The molecule has 0 bridgehead atoms. The summed E-state index contributed by atoms with van der Waals surface area (Å²) in [6.07, 6.45) is 4.73. The summed E-state index contributed by atoms with van der Waals surface area (Å²) in [7, 11) is 0. The zero-order valence-corrected chi connectivity index (χ0v) is 5.22. The number of aliphatic hydroxyl groups is 1. The van der Waals surface area contributed by atoms with Crippen molar-refractivity contribution in [1.29, 1.82) is 0 Å². The van der Waals surface area contributed by atoms with Gasteiger partial charge in [0, 0.05) is 0 Å². The normalized spacial score (nSPS) is 11.7. The summed E-state index contributed by atoms with van der Waals surface area (Å²) in [4.78, 5) is 10.3. The molecule has 3 nitrogen and oxygen atoms in total. The largest absolute Gasteiger partial charge is 0.394 e. The van der Waals surface area contributed by atoms with Crippen molar-refractivity contribution in [2.24, 2.45) is 0 Å². The van der Waals surface area contributed by atoms with Gasteiger partial charge in [0.1, 0.15) is 0 Å². The van der Waals surface area contributed by atoms with Gasteiger partial charge in [-0.3, -0.25) is 4.79 Å². The minimum absolute atomic E-state index is 0.0899. The Bertz CT molecular complexity index is 136. The van der Waals surface area contributed by atoms with E-state index in [1.54, 1.807) is 6.92 Å². The summed E-state index contributed by atoms with van der Waals surface area (Å²) < 4.78 is 0. The molecular weight excluding hydrogens is 118 g/mol.